The van der Waals surface area contributed by atoms with Crippen LogP contribution in [0.3, 0.4) is 0 Å². The maximum Gasteiger partial charge on any atom is 0.221 e. The maximum atomic E-state index is 11.6. The summed E-state index contributed by atoms with van der Waals surface area (Å²) >= 11 is 0. The summed E-state index contributed by atoms with van der Waals surface area (Å²) in [5.74, 6) is 0.185. The SMILES string of the molecule is CNCCC(=O)NC1CCCCC1(C)C.Cl. The Morgan fingerprint density at radius 3 is 2.62 bits per heavy atom. The van der Waals surface area contributed by atoms with Crippen LogP contribution in [0.25, 0.3) is 0 Å². The van der Waals surface area contributed by atoms with Crippen LogP contribution in [-0.4, -0.2) is 25.5 Å². The Kier molecular flexibility index (Phi) is 7.00. The van der Waals surface area contributed by atoms with E-state index in [-0.39, 0.29) is 23.7 Å². The monoisotopic (exact) mass is 248 g/mol. The summed E-state index contributed by atoms with van der Waals surface area (Å²) in [7, 11) is 1.87. The van der Waals surface area contributed by atoms with Gasteiger partial charge in [0.15, 0.2) is 0 Å². The second kappa shape index (κ2) is 7.13. The number of amides is 1. The standard InChI is InChI=1S/C12H24N2O.ClH/c1-12(2)8-5-4-6-10(12)14-11(15)7-9-13-3;/h10,13H,4-9H2,1-3H3,(H,14,15);1H. The van der Waals surface area contributed by atoms with Gasteiger partial charge in [0, 0.05) is 19.0 Å². The zero-order valence-corrected chi connectivity index (χ0v) is 11.5. The van der Waals surface area contributed by atoms with Crippen molar-refractivity contribution in [2.45, 2.75) is 52.0 Å². The highest BCUT2D eigenvalue weighted by Gasteiger charge is 2.32. The van der Waals surface area contributed by atoms with Gasteiger partial charge in [0.25, 0.3) is 0 Å². The molecule has 1 saturated carbocycles. The van der Waals surface area contributed by atoms with Gasteiger partial charge in [0.2, 0.25) is 5.91 Å². The number of carbonyl (C=O) groups is 1. The van der Waals surface area contributed by atoms with E-state index >= 15 is 0 Å². The molecule has 1 fully saturated rings. The summed E-state index contributed by atoms with van der Waals surface area (Å²) < 4.78 is 0. The van der Waals surface area contributed by atoms with E-state index in [0.717, 1.165) is 13.0 Å². The molecule has 0 aromatic heterocycles. The summed E-state index contributed by atoms with van der Waals surface area (Å²) in [5, 5.41) is 6.16. The molecule has 0 aliphatic heterocycles. The van der Waals surface area contributed by atoms with Crippen molar-refractivity contribution >= 4 is 18.3 Å². The molecule has 1 unspecified atom stereocenters. The molecule has 3 nitrogen and oxygen atoms in total. The number of halogens is 1. The summed E-state index contributed by atoms with van der Waals surface area (Å²) in [6.45, 7) is 5.28. The Bertz CT molecular complexity index is 219. The Hall–Kier alpha value is -0.280. The average Bonchev–Trinajstić information content (AvgIpc) is 2.18. The summed E-state index contributed by atoms with van der Waals surface area (Å²) in [5.41, 5.74) is 0.271. The van der Waals surface area contributed by atoms with Crippen LogP contribution in [0, 0.1) is 5.41 Å². The second-order valence-electron chi connectivity index (χ2n) is 5.21. The van der Waals surface area contributed by atoms with E-state index in [9.17, 15) is 4.79 Å². The van der Waals surface area contributed by atoms with E-state index in [0.29, 0.717) is 12.5 Å². The van der Waals surface area contributed by atoms with E-state index < -0.39 is 0 Å². The van der Waals surface area contributed by atoms with Crippen LogP contribution in [-0.2, 0) is 4.79 Å². The quantitative estimate of drug-likeness (QED) is 0.800. The predicted molar refractivity (Wildman–Crippen MR) is 70.0 cm³/mol. The number of carbonyl (C=O) groups excluding carboxylic acids is 1. The van der Waals surface area contributed by atoms with Gasteiger partial charge < -0.3 is 10.6 Å². The molecule has 0 aromatic rings. The molecule has 0 bridgehead atoms. The minimum Gasteiger partial charge on any atom is -0.353 e. The number of hydrogen-bond acceptors (Lipinski definition) is 2. The van der Waals surface area contributed by atoms with Crippen molar-refractivity contribution in [2.75, 3.05) is 13.6 Å². The molecule has 0 saturated heterocycles. The Labute approximate surface area is 105 Å². The molecular formula is C12H25ClN2O. The largest absolute Gasteiger partial charge is 0.353 e. The first-order valence-corrected chi connectivity index (χ1v) is 6.00. The maximum absolute atomic E-state index is 11.6. The molecule has 4 heteroatoms. The van der Waals surface area contributed by atoms with Crippen molar-refractivity contribution in [2.24, 2.45) is 5.41 Å². The molecular weight excluding hydrogens is 224 g/mol. The third-order valence-corrected chi connectivity index (χ3v) is 3.44. The fourth-order valence-electron chi connectivity index (χ4n) is 2.27. The van der Waals surface area contributed by atoms with Crippen molar-refractivity contribution in [1.82, 2.24) is 10.6 Å². The topological polar surface area (TPSA) is 41.1 Å². The molecule has 0 radical (unpaired) electrons. The van der Waals surface area contributed by atoms with Crippen LogP contribution in [0.15, 0.2) is 0 Å². The first-order valence-electron chi connectivity index (χ1n) is 6.00. The first-order chi connectivity index (χ1) is 7.06. The van der Waals surface area contributed by atoms with Crippen molar-refractivity contribution < 1.29 is 4.79 Å². The van der Waals surface area contributed by atoms with Gasteiger partial charge in [-0.2, -0.15) is 0 Å². The smallest absolute Gasteiger partial charge is 0.221 e. The van der Waals surface area contributed by atoms with Gasteiger partial charge in [0.1, 0.15) is 0 Å². The number of nitrogens with one attached hydrogen (secondary N) is 2. The highest BCUT2D eigenvalue weighted by atomic mass is 35.5. The van der Waals surface area contributed by atoms with Gasteiger partial charge in [-0.3, -0.25) is 4.79 Å². The first kappa shape index (κ1) is 15.7. The summed E-state index contributed by atoms with van der Waals surface area (Å²) in [6, 6.07) is 0.371. The van der Waals surface area contributed by atoms with E-state index in [1.807, 2.05) is 7.05 Å². The van der Waals surface area contributed by atoms with E-state index in [1.165, 1.54) is 19.3 Å². The lowest BCUT2D eigenvalue weighted by Gasteiger charge is -2.39. The minimum absolute atomic E-state index is 0. The lowest BCUT2D eigenvalue weighted by Crippen LogP contribution is -2.47. The number of hydrogen-bond donors (Lipinski definition) is 2. The molecule has 0 heterocycles. The molecule has 2 N–H and O–H groups in total. The van der Waals surface area contributed by atoms with Crippen molar-refractivity contribution in [3.05, 3.63) is 0 Å². The van der Waals surface area contributed by atoms with E-state index in [1.54, 1.807) is 0 Å². The van der Waals surface area contributed by atoms with Gasteiger partial charge in [-0.25, -0.2) is 0 Å². The van der Waals surface area contributed by atoms with E-state index in [4.69, 9.17) is 0 Å². The van der Waals surface area contributed by atoms with E-state index in [2.05, 4.69) is 24.5 Å². The van der Waals surface area contributed by atoms with Crippen LogP contribution in [0.5, 0.6) is 0 Å². The molecule has 0 aromatic carbocycles. The number of rotatable bonds is 4. The van der Waals surface area contributed by atoms with Gasteiger partial charge >= 0.3 is 0 Å². The minimum atomic E-state index is 0. The molecule has 1 aliphatic rings. The predicted octanol–water partition coefficient (Wildman–Crippen LogP) is 2.10. The van der Waals surface area contributed by atoms with Gasteiger partial charge in [-0.1, -0.05) is 26.7 Å². The van der Waals surface area contributed by atoms with Gasteiger partial charge in [-0.05, 0) is 25.3 Å². The van der Waals surface area contributed by atoms with Crippen LogP contribution in [0.1, 0.15) is 46.0 Å². The van der Waals surface area contributed by atoms with Crippen LogP contribution >= 0.6 is 12.4 Å². The lowest BCUT2D eigenvalue weighted by atomic mass is 9.73. The van der Waals surface area contributed by atoms with Gasteiger partial charge in [0.05, 0.1) is 0 Å². The Balaban J connectivity index is 0.00000225. The van der Waals surface area contributed by atoms with Crippen LogP contribution in [0.4, 0.5) is 0 Å². The fourth-order valence-corrected chi connectivity index (χ4v) is 2.27. The van der Waals surface area contributed by atoms with Crippen LogP contribution < -0.4 is 10.6 Å². The highest BCUT2D eigenvalue weighted by molar-refractivity contribution is 5.85. The zero-order valence-electron chi connectivity index (χ0n) is 10.6. The normalized spacial score (nSPS) is 23.3. The molecule has 1 atom stereocenters. The van der Waals surface area contributed by atoms with Crippen molar-refractivity contribution in [3.8, 4) is 0 Å². The van der Waals surface area contributed by atoms with Gasteiger partial charge in [-0.15, -0.1) is 12.4 Å². The Morgan fingerprint density at radius 1 is 1.38 bits per heavy atom. The Morgan fingerprint density at radius 2 is 2.06 bits per heavy atom. The molecule has 0 spiro atoms. The van der Waals surface area contributed by atoms with Crippen LogP contribution in [0.2, 0.25) is 0 Å². The molecule has 1 rings (SSSR count). The average molecular weight is 249 g/mol. The fraction of sp³-hybridized carbons (Fsp3) is 0.917. The highest BCUT2D eigenvalue weighted by Crippen LogP contribution is 2.35. The van der Waals surface area contributed by atoms with Crippen molar-refractivity contribution in [3.63, 3.8) is 0 Å². The lowest BCUT2D eigenvalue weighted by molar-refractivity contribution is -0.122. The summed E-state index contributed by atoms with van der Waals surface area (Å²) in [4.78, 5) is 11.6. The third-order valence-electron chi connectivity index (χ3n) is 3.44. The molecule has 16 heavy (non-hydrogen) atoms. The third kappa shape index (κ3) is 4.71. The summed E-state index contributed by atoms with van der Waals surface area (Å²) in [6.07, 6.45) is 5.50. The van der Waals surface area contributed by atoms with Crippen molar-refractivity contribution in [1.29, 1.82) is 0 Å². The second-order valence-corrected chi connectivity index (χ2v) is 5.21. The molecule has 1 amide bonds. The molecule has 96 valence electrons. The zero-order chi connectivity index (χ0) is 11.3. The molecule has 1 aliphatic carbocycles.